The summed E-state index contributed by atoms with van der Waals surface area (Å²) in [5.41, 5.74) is 11.7. The molecule has 0 radical (unpaired) electrons. The molecule has 8 heteroatoms. The zero-order chi connectivity index (χ0) is 13.1. The third-order valence-corrected chi connectivity index (χ3v) is 3.97. The van der Waals surface area contributed by atoms with E-state index in [1.807, 2.05) is 0 Å². The first-order chi connectivity index (χ1) is 7.80. The van der Waals surface area contributed by atoms with Gasteiger partial charge < -0.3 is 15.7 Å². The standard InChI is InChI=1S/C9H11IN2O4S/c10-7-5-6(1-2-8(7)11)3-4-17(14,15)16-9(12)13/h1-2,5H,3-4,11H2,(H2,12,13). The molecule has 0 aliphatic heterocycles. The van der Waals surface area contributed by atoms with E-state index in [1.54, 1.807) is 18.2 Å². The minimum atomic E-state index is -3.91. The van der Waals surface area contributed by atoms with Gasteiger partial charge >= 0.3 is 16.2 Å². The Balaban J connectivity index is 2.67. The smallest absolute Gasteiger partial charge is 0.398 e. The van der Waals surface area contributed by atoms with Crippen molar-refractivity contribution in [3.63, 3.8) is 0 Å². The number of aryl methyl sites for hydroxylation is 1. The average molecular weight is 370 g/mol. The van der Waals surface area contributed by atoms with Gasteiger partial charge in [0.2, 0.25) is 0 Å². The number of carbonyl (C=O) groups excluding carboxylic acids is 1. The highest BCUT2D eigenvalue weighted by Crippen LogP contribution is 2.17. The van der Waals surface area contributed by atoms with Crippen LogP contribution in [0.3, 0.4) is 0 Å². The van der Waals surface area contributed by atoms with Crippen LogP contribution in [0.5, 0.6) is 0 Å². The van der Waals surface area contributed by atoms with Gasteiger partial charge in [-0.25, -0.2) is 4.79 Å². The van der Waals surface area contributed by atoms with E-state index in [-0.39, 0.29) is 12.2 Å². The molecular weight excluding hydrogens is 359 g/mol. The van der Waals surface area contributed by atoms with Gasteiger partial charge in [-0.05, 0) is 46.7 Å². The number of halogens is 1. The number of amides is 1. The van der Waals surface area contributed by atoms with E-state index in [0.717, 1.165) is 9.13 Å². The number of anilines is 1. The van der Waals surface area contributed by atoms with E-state index in [9.17, 15) is 13.2 Å². The van der Waals surface area contributed by atoms with Crippen molar-refractivity contribution in [3.8, 4) is 0 Å². The number of carbonyl (C=O) groups is 1. The summed E-state index contributed by atoms with van der Waals surface area (Å²) >= 11 is 2.05. The molecule has 6 nitrogen and oxygen atoms in total. The fourth-order valence-electron chi connectivity index (χ4n) is 1.14. The number of nitrogens with two attached hydrogens (primary N) is 2. The molecule has 0 heterocycles. The molecule has 0 saturated carbocycles. The maximum absolute atomic E-state index is 11.2. The summed E-state index contributed by atoms with van der Waals surface area (Å²) in [6.07, 6.45) is -1.09. The molecule has 0 atom stereocenters. The van der Waals surface area contributed by atoms with Gasteiger partial charge in [0.15, 0.2) is 0 Å². The Morgan fingerprint density at radius 2 is 2.06 bits per heavy atom. The van der Waals surface area contributed by atoms with Gasteiger partial charge in [0.1, 0.15) is 0 Å². The van der Waals surface area contributed by atoms with E-state index in [1.165, 1.54) is 0 Å². The Morgan fingerprint density at radius 3 is 2.59 bits per heavy atom. The second-order valence-electron chi connectivity index (χ2n) is 3.27. The molecule has 0 bridgehead atoms. The van der Waals surface area contributed by atoms with Crippen molar-refractivity contribution in [2.24, 2.45) is 5.73 Å². The maximum Gasteiger partial charge on any atom is 0.420 e. The van der Waals surface area contributed by atoms with Gasteiger partial charge in [0.25, 0.3) is 0 Å². The van der Waals surface area contributed by atoms with E-state index in [4.69, 9.17) is 5.73 Å². The minimum absolute atomic E-state index is 0.228. The molecule has 4 N–H and O–H groups in total. The lowest BCUT2D eigenvalue weighted by atomic mass is 10.1. The molecule has 0 aliphatic rings. The lowest BCUT2D eigenvalue weighted by molar-refractivity contribution is 0.213. The van der Waals surface area contributed by atoms with Crippen LogP contribution in [-0.4, -0.2) is 20.3 Å². The molecule has 1 aromatic carbocycles. The Bertz CT molecular complexity index is 530. The highest BCUT2D eigenvalue weighted by atomic mass is 127. The van der Waals surface area contributed by atoms with Gasteiger partial charge in [-0.1, -0.05) is 6.07 Å². The van der Waals surface area contributed by atoms with E-state index in [0.29, 0.717) is 5.69 Å². The summed E-state index contributed by atoms with van der Waals surface area (Å²) in [5, 5.41) is 0. The van der Waals surface area contributed by atoms with Crippen molar-refractivity contribution in [2.75, 3.05) is 11.5 Å². The number of rotatable bonds is 4. The average Bonchev–Trinajstić information content (AvgIpc) is 2.18. The van der Waals surface area contributed by atoms with Crippen LogP contribution in [0.1, 0.15) is 5.56 Å². The summed E-state index contributed by atoms with van der Waals surface area (Å²) in [5.74, 6) is -0.310. The van der Waals surface area contributed by atoms with Crippen molar-refractivity contribution >= 4 is 44.5 Å². The Hall–Kier alpha value is -1.03. The van der Waals surface area contributed by atoms with Crippen LogP contribution in [0.2, 0.25) is 0 Å². The fourth-order valence-corrected chi connectivity index (χ4v) is 2.53. The number of hydrogen-bond acceptors (Lipinski definition) is 5. The third kappa shape index (κ3) is 4.77. The van der Waals surface area contributed by atoms with Crippen molar-refractivity contribution in [1.29, 1.82) is 0 Å². The van der Waals surface area contributed by atoms with Gasteiger partial charge in [-0.2, -0.15) is 8.42 Å². The maximum atomic E-state index is 11.2. The summed E-state index contributed by atoms with van der Waals surface area (Å²) in [4.78, 5) is 10.3. The van der Waals surface area contributed by atoms with Crippen molar-refractivity contribution in [1.82, 2.24) is 0 Å². The quantitative estimate of drug-likeness (QED) is 0.463. The lowest BCUT2D eigenvalue weighted by Crippen LogP contribution is -2.21. The Kier molecular flexibility index (Phi) is 4.57. The largest absolute Gasteiger partial charge is 0.420 e. The first-order valence-electron chi connectivity index (χ1n) is 4.55. The molecule has 1 rings (SSSR count). The van der Waals surface area contributed by atoms with Crippen LogP contribution in [0.4, 0.5) is 10.5 Å². The summed E-state index contributed by atoms with van der Waals surface area (Å²) < 4.78 is 27.3. The highest BCUT2D eigenvalue weighted by Gasteiger charge is 2.15. The molecule has 0 fully saturated rings. The van der Waals surface area contributed by atoms with Gasteiger partial charge in [0, 0.05) is 9.26 Å². The Labute approximate surface area is 113 Å². The zero-order valence-corrected chi connectivity index (χ0v) is 11.7. The zero-order valence-electron chi connectivity index (χ0n) is 8.72. The van der Waals surface area contributed by atoms with Crippen LogP contribution >= 0.6 is 22.6 Å². The van der Waals surface area contributed by atoms with Crippen LogP contribution < -0.4 is 11.5 Å². The predicted molar refractivity (Wildman–Crippen MR) is 71.7 cm³/mol. The van der Waals surface area contributed by atoms with Gasteiger partial charge in [-0.3, -0.25) is 0 Å². The molecule has 94 valence electrons. The molecule has 0 aromatic heterocycles. The van der Waals surface area contributed by atoms with Crippen molar-refractivity contribution < 1.29 is 17.4 Å². The topological polar surface area (TPSA) is 112 Å². The predicted octanol–water partition coefficient (Wildman–Crippen LogP) is 0.841. The SMILES string of the molecule is NC(=O)OS(=O)(=O)CCc1ccc(N)c(I)c1. The molecule has 0 aliphatic carbocycles. The van der Waals surface area contributed by atoms with Crippen LogP contribution in [0.25, 0.3) is 0 Å². The first-order valence-corrected chi connectivity index (χ1v) is 7.21. The molecule has 1 amide bonds. The normalized spacial score (nSPS) is 11.1. The number of hydrogen-bond donors (Lipinski definition) is 2. The minimum Gasteiger partial charge on any atom is -0.398 e. The van der Waals surface area contributed by atoms with Gasteiger partial charge in [-0.15, -0.1) is 0 Å². The molecule has 0 spiro atoms. The Morgan fingerprint density at radius 1 is 1.41 bits per heavy atom. The monoisotopic (exact) mass is 370 g/mol. The van der Waals surface area contributed by atoms with Crippen LogP contribution in [0, 0.1) is 3.57 Å². The lowest BCUT2D eigenvalue weighted by Gasteiger charge is -2.05. The second kappa shape index (κ2) is 5.54. The number of primary amides is 1. The first kappa shape index (κ1) is 14.0. The molecule has 17 heavy (non-hydrogen) atoms. The number of benzene rings is 1. The van der Waals surface area contributed by atoms with E-state index < -0.39 is 16.2 Å². The molecule has 1 aromatic rings. The van der Waals surface area contributed by atoms with Crippen molar-refractivity contribution in [2.45, 2.75) is 6.42 Å². The van der Waals surface area contributed by atoms with Crippen molar-refractivity contribution in [3.05, 3.63) is 27.3 Å². The highest BCUT2D eigenvalue weighted by molar-refractivity contribution is 14.1. The third-order valence-electron chi connectivity index (χ3n) is 1.91. The fraction of sp³-hybridized carbons (Fsp3) is 0.222. The molecule has 0 unspecified atom stereocenters. The summed E-state index contributed by atoms with van der Waals surface area (Å²) in [6, 6.07) is 5.19. The van der Waals surface area contributed by atoms with E-state index in [2.05, 4.69) is 32.5 Å². The van der Waals surface area contributed by atoms with Gasteiger partial charge in [0.05, 0.1) is 5.75 Å². The number of nitrogen functional groups attached to an aromatic ring is 1. The van der Waals surface area contributed by atoms with Crippen LogP contribution in [0.15, 0.2) is 18.2 Å². The van der Waals surface area contributed by atoms with Crippen LogP contribution in [-0.2, 0) is 20.7 Å². The molecular formula is C9H11IN2O4S. The molecule has 0 saturated heterocycles. The summed E-state index contributed by atoms with van der Waals surface area (Å²) in [7, 11) is -3.91. The second-order valence-corrected chi connectivity index (χ2v) is 6.12. The van der Waals surface area contributed by atoms with E-state index >= 15 is 0 Å². The summed E-state index contributed by atoms with van der Waals surface area (Å²) in [6.45, 7) is 0.